The molecule has 29 heteroatoms. The quantitative estimate of drug-likeness (QED) is 0.228. The minimum absolute atomic E-state index is 0. The first-order valence-electron chi connectivity index (χ1n) is 7.93. The summed E-state index contributed by atoms with van der Waals surface area (Å²) in [7, 11) is 0. The molecule has 0 aromatic rings. The molecule has 0 heterocycles. The fourth-order valence-electron chi connectivity index (χ4n) is 2.28. The molecule has 41 heavy (non-hydrogen) atoms. The third-order valence-corrected chi connectivity index (χ3v) is 4.33. The molecule has 0 saturated heterocycles. The van der Waals surface area contributed by atoms with Gasteiger partial charge in [-0.1, -0.05) is 0 Å². The van der Waals surface area contributed by atoms with Crippen LogP contribution >= 0.6 is 0 Å². The van der Waals surface area contributed by atoms with Crippen LogP contribution in [0.3, 0.4) is 0 Å². The van der Waals surface area contributed by atoms with Crippen molar-refractivity contribution in [2.24, 2.45) is 0 Å². The van der Waals surface area contributed by atoms with Crippen molar-refractivity contribution in [3.05, 3.63) is 0 Å². The molecule has 0 spiro atoms. The first-order chi connectivity index (χ1) is 16.5. The third-order valence-electron chi connectivity index (χ3n) is 4.33. The zero-order chi connectivity index (χ0) is 34.0. The SMILES string of the molecule is OC(C(F)(F)F)(C(F)(F)F)C(O)(C(F)(F)F)C(F)(F)F.OC(C(F)(F)F)(C(F)(F)F)C(O)(C(F)(F)F)C(F)(F)F.[Ni]. The molecule has 0 amide bonds. The minimum Gasteiger partial charge on any atom is -0.371 e. The van der Waals surface area contributed by atoms with E-state index in [9.17, 15) is 105 Å². The van der Waals surface area contributed by atoms with E-state index in [-0.39, 0.29) is 16.5 Å². The summed E-state index contributed by atoms with van der Waals surface area (Å²) in [6, 6.07) is 0. The van der Waals surface area contributed by atoms with Crippen molar-refractivity contribution in [2.45, 2.75) is 71.8 Å². The standard InChI is InChI=1S/2C6H2F12O2.Ni/c2*7-3(8,9)1(19,4(10,11)12)2(20,5(13,14)15)6(16,17)18;/h2*19-20H;. The fourth-order valence-corrected chi connectivity index (χ4v) is 2.28. The van der Waals surface area contributed by atoms with Crippen molar-refractivity contribution in [1.29, 1.82) is 0 Å². The molecule has 0 aromatic carbocycles. The van der Waals surface area contributed by atoms with Gasteiger partial charge in [-0.2, -0.15) is 105 Å². The second-order valence-electron chi connectivity index (χ2n) is 6.82. The first-order valence-corrected chi connectivity index (χ1v) is 7.93. The van der Waals surface area contributed by atoms with Gasteiger partial charge in [0.1, 0.15) is 0 Å². The predicted octanol–water partition coefficient (Wildman–Crippen LogP) is 5.39. The van der Waals surface area contributed by atoms with Crippen LogP contribution in [0.1, 0.15) is 0 Å². The Morgan fingerprint density at radius 2 is 0.244 bits per heavy atom. The summed E-state index contributed by atoms with van der Waals surface area (Å²) in [4.78, 5) is 0. The van der Waals surface area contributed by atoms with E-state index in [1.807, 2.05) is 0 Å². The van der Waals surface area contributed by atoms with Gasteiger partial charge in [-0.3, -0.25) is 0 Å². The van der Waals surface area contributed by atoms with E-state index in [0.717, 1.165) is 0 Å². The number of aliphatic hydroxyl groups is 4. The molecule has 0 aliphatic heterocycles. The third kappa shape index (κ3) is 6.61. The summed E-state index contributed by atoms with van der Waals surface area (Å²) in [6.07, 6.45) is -60.2. The normalized spacial score (nSPS) is 16.1. The van der Waals surface area contributed by atoms with Crippen molar-refractivity contribution in [1.82, 2.24) is 0 Å². The maximum absolute atomic E-state index is 12.0. The van der Waals surface area contributed by atoms with E-state index in [1.165, 1.54) is 0 Å². The average molecular weight is 727 g/mol. The Balaban J connectivity index is -0.000000688. The van der Waals surface area contributed by atoms with Crippen LogP contribution < -0.4 is 0 Å². The molecule has 0 rings (SSSR count). The predicted molar refractivity (Wildman–Crippen MR) is 68.2 cm³/mol. The summed E-state index contributed by atoms with van der Waals surface area (Å²) in [5, 5.41) is 32.5. The largest absolute Gasteiger partial charge is 0.430 e. The smallest absolute Gasteiger partial charge is 0.371 e. The Labute approximate surface area is 215 Å². The number of halogens is 24. The molecule has 0 aromatic heterocycles. The molecule has 4 nitrogen and oxygen atoms in total. The zero-order valence-corrected chi connectivity index (χ0v) is 18.2. The van der Waals surface area contributed by atoms with E-state index < -0.39 is 71.8 Å². The van der Waals surface area contributed by atoms with Crippen molar-refractivity contribution in [3.8, 4) is 0 Å². The van der Waals surface area contributed by atoms with E-state index in [0.29, 0.717) is 0 Å². The molecule has 0 aliphatic rings. The van der Waals surface area contributed by atoms with Crippen LogP contribution in [-0.4, -0.2) is 92.2 Å². The van der Waals surface area contributed by atoms with Crippen LogP contribution in [0.2, 0.25) is 0 Å². The fraction of sp³-hybridized carbons (Fsp3) is 1.00. The van der Waals surface area contributed by atoms with E-state index >= 15 is 0 Å². The van der Waals surface area contributed by atoms with Crippen LogP contribution in [0.15, 0.2) is 0 Å². The van der Waals surface area contributed by atoms with Crippen LogP contribution in [0.4, 0.5) is 105 Å². The molecule has 0 aliphatic carbocycles. The van der Waals surface area contributed by atoms with Gasteiger partial charge >= 0.3 is 71.8 Å². The summed E-state index contributed by atoms with van der Waals surface area (Å²) in [5.41, 5.74) is -30.0. The van der Waals surface area contributed by atoms with E-state index in [2.05, 4.69) is 0 Å². The maximum atomic E-state index is 12.0. The second kappa shape index (κ2) is 11.0. The van der Waals surface area contributed by atoms with Crippen molar-refractivity contribution >= 4 is 0 Å². The Morgan fingerprint density at radius 3 is 0.268 bits per heavy atom. The molecule has 4 N–H and O–H groups in total. The second-order valence-corrected chi connectivity index (χ2v) is 6.82. The van der Waals surface area contributed by atoms with Gasteiger partial charge in [-0.25, -0.2) is 0 Å². The molecule has 0 atom stereocenters. The Hall–Kier alpha value is -1.35. The molecule has 0 saturated carbocycles. The summed E-state index contributed by atoms with van der Waals surface area (Å²) < 4.78 is 289. The molecule has 254 valence electrons. The van der Waals surface area contributed by atoms with Crippen molar-refractivity contribution in [2.75, 3.05) is 0 Å². The number of alkyl halides is 24. The Kier molecular flexibility index (Phi) is 11.8. The van der Waals surface area contributed by atoms with Gasteiger partial charge in [-0.05, 0) is 0 Å². The Morgan fingerprint density at radius 1 is 0.195 bits per heavy atom. The topological polar surface area (TPSA) is 80.9 Å². The van der Waals surface area contributed by atoms with Gasteiger partial charge in [-0.15, -0.1) is 0 Å². The molecular weight excluding hydrogens is 723 g/mol. The summed E-state index contributed by atoms with van der Waals surface area (Å²) in [5.74, 6) is 0. The number of hydrogen-bond acceptors (Lipinski definition) is 4. The van der Waals surface area contributed by atoms with Gasteiger partial charge in [0, 0.05) is 16.5 Å². The molecule has 0 bridgehead atoms. The minimum atomic E-state index is -7.52. The molecule has 0 fully saturated rings. The molecule has 0 unspecified atom stereocenters. The maximum Gasteiger partial charge on any atom is 0.430 e. The van der Waals surface area contributed by atoms with Gasteiger partial charge < -0.3 is 20.4 Å². The molecule has 0 radical (unpaired) electrons. The van der Waals surface area contributed by atoms with E-state index in [1.54, 1.807) is 0 Å². The Bertz CT molecular complexity index is 663. The van der Waals surface area contributed by atoms with Crippen LogP contribution in [0, 0.1) is 0 Å². The monoisotopic (exact) mass is 726 g/mol. The zero-order valence-electron chi connectivity index (χ0n) is 17.2. The van der Waals surface area contributed by atoms with Gasteiger partial charge in [0.2, 0.25) is 0 Å². The van der Waals surface area contributed by atoms with E-state index in [4.69, 9.17) is 20.4 Å². The average Bonchev–Trinajstić information content (AvgIpc) is 2.58. The van der Waals surface area contributed by atoms with Gasteiger partial charge in [0.15, 0.2) is 0 Å². The van der Waals surface area contributed by atoms with Crippen LogP contribution in [0.5, 0.6) is 0 Å². The first kappa shape index (κ1) is 44.1. The summed E-state index contributed by atoms with van der Waals surface area (Å²) >= 11 is 0. The number of rotatable bonds is 2. The van der Waals surface area contributed by atoms with Crippen molar-refractivity contribution < 1.29 is 142 Å². The van der Waals surface area contributed by atoms with Gasteiger partial charge in [0.25, 0.3) is 0 Å². The van der Waals surface area contributed by atoms with Crippen LogP contribution in [-0.2, 0) is 16.5 Å². The van der Waals surface area contributed by atoms with Crippen LogP contribution in [0.25, 0.3) is 0 Å². The summed E-state index contributed by atoms with van der Waals surface area (Å²) in [6.45, 7) is 0. The number of hydrogen-bond donors (Lipinski definition) is 4. The molecular formula is C12H4F24NiO4. The van der Waals surface area contributed by atoms with Crippen molar-refractivity contribution in [3.63, 3.8) is 0 Å². The van der Waals surface area contributed by atoms with Gasteiger partial charge in [0.05, 0.1) is 0 Å².